The second kappa shape index (κ2) is 6.64. The van der Waals surface area contributed by atoms with Crippen LogP contribution in [0.5, 0.6) is 5.75 Å². The Kier molecular flexibility index (Phi) is 4.07. The SMILES string of the molecule is COc1cc2ncc3c(c2cc1C1CNNC1)n(-c1ccncc1F)c(=O)n3C. The minimum absolute atomic E-state index is 0.157. The van der Waals surface area contributed by atoms with Crippen molar-refractivity contribution >= 4 is 21.9 Å². The third-order valence-corrected chi connectivity index (χ3v) is 5.49. The largest absolute Gasteiger partial charge is 0.496 e. The number of imidazole rings is 1. The lowest BCUT2D eigenvalue weighted by molar-refractivity contribution is 0.407. The van der Waals surface area contributed by atoms with Gasteiger partial charge in [0.1, 0.15) is 5.75 Å². The second-order valence-electron chi connectivity index (χ2n) is 7.07. The van der Waals surface area contributed by atoms with Crippen molar-refractivity contribution in [1.29, 1.82) is 0 Å². The van der Waals surface area contributed by atoms with Gasteiger partial charge in [-0.2, -0.15) is 0 Å². The standard InChI is InChI=1S/C20H19FN6O2/c1-26-17-10-23-15-6-18(29-2)12(11-7-24-25-8-11)5-13(15)19(17)27(20(26)28)16-3-4-22-9-14(16)21/h3-6,9-11,24-25H,7-8H2,1-2H3. The van der Waals surface area contributed by atoms with Crippen LogP contribution < -0.4 is 21.3 Å². The van der Waals surface area contributed by atoms with Gasteiger partial charge in [0.15, 0.2) is 5.82 Å². The molecule has 2 N–H and O–H groups in total. The molecule has 0 saturated carbocycles. The highest BCUT2D eigenvalue weighted by atomic mass is 19.1. The zero-order valence-corrected chi connectivity index (χ0v) is 15.9. The van der Waals surface area contributed by atoms with Gasteiger partial charge in [0.25, 0.3) is 0 Å². The van der Waals surface area contributed by atoms with Crippen LogP contribution in [-0.4, -0.2) is 39.3 Å². The van der Waals surface area contributed by atoms with Gasteiger partial charge in [-0.1, -0.05) is 0 Å². The first kappa shape index (κ1) is 17.8. The Morgan fingerprint density at radius 1 is 1.24 bits per heavy atom. The van der Waals surface area contributed by atoms with E-state index < -0.39 is 5.82 Å². The Labute approximate surface area is 164 Å². The molecule has 148 valence electrons. The number of nitrogens with one attached hydrogen (secondary N) is 2. The van der Waals surface area contributed by atoms with Crippen LogP contribution in [0.3, 0.4) is 0 Å². The summed E-state index contributed by atoms with van der Waals surface area (Å²) in [6.07, 6.45) is 4.21. The summed E-state index contributed by atoms with van der Waals surface area (Å²) in [4.78, 5) is 21.3. The third kappa shape index (κ3) is 2.62. The molecule has 1 aromatic carbocycles. The number of hydrogen-bond acceptors (Lipinski definition) is 6. The normalized spacial score (nSPS) is 14.9. The second-order valence-corrected chi connectivity index (χ2v) is 7.07. The summed E-state index contributed by atoms with van der Waals surface area (Å²) in [6, 6.07) is 5.36. The average molecular weight is 394 g/mol. The Morgan fingerprint density at radius 2 is 2.03 bits per heavy atom. The zero-order valence-electron chi connectivity index (χ0n) is 15.9. The first-order valence-electron chi connectivity index (χ1n) is 9.24. The summed E-state index contributed by atoms with van der Waals surface area (Å²) in [6.45, 7) is 1.51. The molecule has 1 saturated heterocycles. The van der Waals surface area contributed by atoms with Crippen LogP contribution in [0.1, 0.15) is 11.5 Å². The van der Waals surface area contributed by atoms with Crippen molar-refractivity contribution in [3.8, 4) is 11.4 Å². The number of fused-ring (bicyclic) bond motifs is 3. The smallest absolute Gasteiger partial charge is 0.333 e. The topological polar surface area (TPSA) is 86.0 Å². The molecule has 1 aliphatic rings. The van der Waals surface area contributed by atoms with Gasteiger partial charge >= 0.3 is 5.69 Å². The maximum atomic E-state index is 14.6. The van der Waals surface area contributed by atoms with Crippen molar-refractivity contribution in [2.45, 2.75) is 5.92 Å². The van der Waals surface area contributed by atoms with E-state index in [0.29, 0.717) is 16.6 Å². The predicted molar refractivity (Wildman–Crippen MR) is 107 cm³/mol. The van der Waals surface area contributed by atoms with E-state index in [0.717, 1.165) is 36.0 Å². The quantitative estimate of drug-likeness (QED) is 0.549. The van der Waals surface area contributed by atoms with Crippen molar-refractivity contribution in [2.75, 3.05) is 20.2 Å². The van der Waals surface area contributed by atoms with Crippen molar-refractivity contribution < 1.29 is 9.13 Å². The summed E-state index contributed by atoms with van der Waals surface area (Å²) in [5.41, 5.74) is 8.97. The van der Waals surface area contributed by atoms with Crippen molar-refractivity contribution in [2.24, 2.45) is 7.05 Å². The van der Waals surface area contributed by atoms with Crippen LogP contribution in [0.4, 0.5) is 4.39 Å². The van der Waals surface area contributed by atoms with E-state index in [-0.39, 0.29) is 17.3 Å². The monoisotopic (exact) mass is 394 g/mol. The molecule has 1 fully saturated rings. The number of aryl methyl sites for hydroxylation is 1. The summed E-state index contributed by atoms with van der Waals surface area (Å²) in [7, 11) is 3.28. The molecule has 0 amide bonds. The highest BCUT2D eigenvalue weighted by Crippen LogP contribution is 2.35. The molecule has 0 atom stereocenters. The summed E-state index contributed by atoms with van der Waals surface area (Å²) < 4.78 is 23.0. The summed E-state index contributed by atoms with van der Waals surface area (Å²) >= 11 is 0. The molecular formula is C20H19FN6O2. The van der Waals surface area contributed by atoms with Crippen molar-refractivity contribution in [3.63, 3.8) is 0 Å². The molecule has 4 heterocycles. The summed E-state index contributed by atoms with van der Waals surface area (Å²) in [5, 5.41) is 0.763. The van der Waals surface area contributed by atoms with E-state index in [2.05, 4.69) is 20.8 Å². The number of hydrazine groups is 1. The Balaban J connectivity index is 1.91. The molecule has 8 nitrogen and oxygen atoms in total. The number of ether oxygens (including phenoxy) is 1. The van der Waals surface area contributed by atoms with E-state index in [1.54, 1.807) is 20.4 Å². The minimum Gasteiger partial charge on any atom is -0.496 e. The van der Waals surface area contributed by atoms with Gasteiger partial charge < -0.3 is 4.74 Å². The number of aromatic nitrogens is 4. The molecule has 0 aliphatic carbocycles. The number of rotatable bonds is 3. The number of methoxy groups -OCH3 is 1. The van der Waals surface area contributed by atoms with Crippen molar-refractivity contribution in [1.82, 2.24) is 30.0 Å². The van der Waals surface area contributed by atoms with Gasteiger partial charge in [-0.15, -0.1) is 0 Å². The number of benzene rings is 1. The van der Waals surface area contributed by atoms with Gasteiger partial charge in [-0.05, 0) is 12.1 Å². The first-order valence-corrected chi connectivity index (χ1v) is 9.24. The third-order valence-electron chi connectivity index (χ3n) is 5.49. The summed E-state index contributed by atoms with van der Waals surface area (Å²) in [5.74, 6) is 0.371. The first-order chi connectivity index (χ1) is 14.1. The lowest BCUT2D eigenvalue weighted by Crippen LogP contribution is -2.21. The number of nitrogens with zero attached hydrogens (tertiary/aromatic N) is 4. The lowest BCUT2D eigenvalue weighted by atomic mass is 9.96. The Morgan fingerprint density at radius 3 is 2.76 bits per heavy atom. The van der Waals surface area contributed by atoms with Crippen LogP contribution in [0, 0.1) is 5.82 Å². The molecule has 9 heteroatoms. The molecular weight excluding hydrogens is 375 g/mol. The Hall–Kier alpha value is -3.30. The van der Waals surface area contributed by atoms with Gasteiger partial charge in [0.05, 0.1) is 41.7 Å². The van der Waals surface area contributed by atoms with Gasteiger partial charge in [-0.25, -0.2) is 9.18 Å². The van der Waals surface area contributed by atoms with E-state index in [1.165, 1.54) is 21.4 Å². The molecule has 1 aliphatic heterocycles. The predicted octanol–water partition coefficient (Wildman–Crippen LogP) is 1.61. The number of hydrogen-bond donors (Lipinski definition) is 2. The Bertz CT molecular complexity index is 1310. The molecule has 0 unspecified atom stereocenters. The van der Waals surface area contributed by atoms with Crippen molar-refractivity contribution in [3.05, 3.63) is 58.7 Å². The van der Waals surface area contributed by atoms with Gasteiger partial charge in [0, 0.05) is 49.3 Å². The fraction of sp³-hybridized carbons (Fsp3) is 0.250. The molecule has 4 aromatic rings. The minimum atomic E-state index is -0.565. The maximum absolute atomic E-state index is 14.6. The highest BCUT2D eigenvalue weighted by Gasteiger charge is 2.24. The fourth-order valence-electron chi connectivity index (χ4n) is 3.99. The molecule has 0 radical (unpaired) electrons. The van der Waals surface area contributed by atoms with Gasteiger partial charge in [0.2, 0.25) is 0 Å². The maximum Gasteiger partial charge on any atom is 0.333 e. The van der Waals surface area contributed by atoms with Crippen LogP contribution in [-0.2, 0) is 7.05 Å². The molecule has 0 spiro atoms. The molecule has 3 aromatic heterocycles. The zero-order chi connectivity index (χ0) is 20.1. The highest BCUT2D eigenvalue weighted by molar-refractivity contribution is 6.04. The van der Waals surface area contributed by atoms with Gasteiger partial charge in [-0.3, -0.25) is 30.0 Å². The average Bonchev–Trinajstić information content (AvgIpc) is 3.35. The number of halogens is 1. The van der Waals surface area contributed by atoms with E-state index in [9.17, 15) is 9.18 Å². The van der Waals surface area contributed by atoms with Crippen LogP contribution in [0.2, 0.25) is 0 Å². The van der Waals surface area contributed by atoms with E-state index in [1.807, 2.05) is 12.1 Å². The van der Waals surface area contributed by atoms with E-state index >= 15 is 0 Å². The van der Waals surface area contributed by atoms with Crippen LogP contribution in [0.15, 0.2) is 41.6 Å². The molecule has 29 heavy (non-hydrogen) atoms. The number of pyridine rings is 2. The fourth-order valence-corrected chi connectivity index (χ4v) is 3.99. The van der Waals surface area contributed by atoms with E-state index in [4.69, 9.17) is 4.74 Å². The lowest BCUT2D eigenvalue weighted by Gasteiger charge is -2.15. The molecule has 5 rings (SSSR count). The van der Waals surface area contributed by atoms with Crippen LogP contribution >= 0.6 is 0 Å². The molecule has 0 bridgehead atoms. The van der Waals surface area contributed by atoms with Crippen LogP contribution in [0.25, 0.3) is 27.6 Å².